The highest BCUT2D eigenvalue weighted by atomic mass is 16.4. The number of nitrogens with zero attached hydrogens (tertiary/aromatic N) is 1. The van der Waals surface area contributed by atoms with Crippen LogP contribution in [0.4, 0.5) is 0 Å². The van der Waals surface area contributed by atoms with Crippen LogP contribution in [0.5, 0.6) is 0 Å². The summed E-state index contributed by atoms with van der Waals surface area (Å²) in [6, 6.07) is -0.649. The predicted molar refractivity (Wildman–Crippen MR) is 78.4 cm³/mol. The number of nitrogens with one attached hydrogen (secondary N) is 1. The molecule has 0 aliphatic carbocycles. The van der Waals surface area contributed by atoms with Gasteiger partial charge in [0, 0.05) is 13.1 Å². The number of carboxylic acids is 1. The smallest absolute Gasteiger partial charge is 0.320 e. The summed E-state index contributed by atoms with van der Waals surface area (Å²) < 4.78 is 0. The molecule has 116 valence electrons. The molecular formula is C15H28N2O3. The van der Waals surface area contributed by atoms with Crippen LogP contribution in [0.25, 0.3) is 0 Å². The molecule has 0 spiro atoms. The van der Waals surface area contributed by atoms with Crippen LogP contribution in [0.1, 0.15) is 40.5 Å². The fourth-order valence-corrected chi connectivity index (χ4v) is 2.94. The number of piperidine rings is 1. The first-order valence-corrected chi connectivity index (χ1v) is 7.59. The minimum atomic E-state index is -0.882. The monoisotopic (exact) mass is 284 g/mol. The first-order chi connectivity index (χ1) is 9.35. The molecule has 0 aromatic heterocycles. The number of carbonyl (C=O) groups excluding carboxylic acids is 1. The van der Waals surface area contributed by atoms with Gasteiger partial charge in [-0.2, -0.15) is 0 Å². The molecule has 5 heteroatoms. The topological polar surface area (TPSA) is 69.6 Å². The highest BCUT2D eigenvalue weighted by molar-refractivity contribution is 5.80. The second kappa shape index (κ2) is 7.62. The van der Waals surface area contributed by atoms with E-state index < -0.39 is 12.0 Å². The lowest BCUT2D eigenvalue weighted by Crippen LogP contribution is -2.50. The summed E-state index contributed by atoms with van der Waals surface area (Å²) in [5, 5.41) is 12.1. The molecule has 4 atom stereocenters. The van der Waals surface area contributed by atoms with Crippen molar-refractivity contribution >= 4 is 11.9 Å². The number of likely N-dealkylation sites (tertiary alicyclic amines) is 1. The first kappa shape index (κ1) is 17.0. The second-order valence-electron chi connectivity index (χ2n) is 6.33. The van der Waals surface area contributed by atoms with Crippen molar-refractivity contribution in [1.82, 2.24) is 10.2 Å². The molecule has 0 bridgehead atoms. The Kier molecular flexibility index (Phi) is 6.46. The van der Waals surface area contributed by atoms with Gasteiger partial charge in [-0.05, 0) is 24.2 Å². The molecule has 2 unspecified atom stereocenters. The van der Waals surface area contributed by atoms with Crippen molar-refractivity contribution in [2.24, 2.45) is 17.8 Å². The van der Waals surface area contributed by atoms with Crippen LogP contribution in [0.3, 0.4) is 0 Å². The van der Waals surface area contributed by atoms with E-state index in [2.05, 4.69) is 19.2 Å². The minimum Gasteiger partial charge on any atom is -0.480 e. The standard InChI is InChI=1S/C15H28N2O3/c1-5-12(4)14(15(19)20)16-7-13(18)17-8-10(2)6-11(3)9-17/h10-12,14,16H,5-9H2,1-4H3,(H,19,20)/t10?,11?,12-,14-/m0/s1. The zero-order valence-corrected chi connectivity index (χ0v) is 13.1. The average molecular weight is 284 g/mol. The summed E-state index contributed by atoms with van der Waals surface area (Å²) in [6.45, 7) is 9.84. The molecule has 1 saturated heterocycles. The Balaban J connectivity index is 2.50. The van der Waals surface area contributed by atoms with Crippen molar-refractivity contribution in [3.63, 3.8) is 0 Å². The Morgan fingerprint density at radius 1 is 1.30 bits per heavy atom. The molecule has 0 saturated carbocycles. The van der Waals surface area contributed by atoms with Gasteiger partial charge in [0.1, 0.15) is 6.04 Å². The van der Waals surface area contributed by atoms with Crippen molar-refractivity contribution in [1.29, 1.82) is 0 Å². The summed E-state index contributed by atoms with van der Waals surface area (Å²) in [7, 11) is 0. The van der Waals surface area contributed by atoms with E-state index in [1.54, 1.807) is 0 Å². The van der Waals surface area contributed by atoms with Gasteiger partial charge >= 0.3 is 5.97 Å². The summed E-state index contributed by atoms with van der Waals surface area (Å²) in [6.07, 6.45) is 1.93. The Morgan fingerprint density at radius 3 is 2.30 bits per heavy atom. The minimum absolute atomic E-state index is 0.0120. The van der Waals surface area contributed by atoms with E-state index in [4.69, 9.17) is 0 Å². The molecule has 0 radical (unpaired) electrons. The third-order valence-corrected chi connectivity index (χ3v) is 4.17. The third-order valence-electron chi connectivity index (χ3n) is 4.17. The number of aliphatic carboxylic acids is 1. The molecule has 0 aromatic rings. The van der Waals surface area contributed by atoms with E-state index in [9.17, 15) is 14.7 Å². The maximum Gasteiger partial charge on any atom is 0.320 e. The van der Waals surface area contributed by atoms with Crippen molar-refractivity contribution in [2.75, 3.05) is 19.6 Å². The van der Waals surface area contributed by atoms with Gasteiger partial charge < -0.3 is 10.0 Å². The van der Waals surface area contributed by atoms with Crippen LogP contribution in [-0.4, -0.2) is 47.6 Å². The molecule has 1 rings (SSSR count). The number of amides is 1. The number of carbonyl (C=O) groups is 2. The van der Waals surface area contributed by atoms with Crippen LogP contribution in [0, 0.1) is 17.8 Å². The number of hydrogen-bond acceptors (Lipinski definition) is 3. The Morgan fingerprint density at radius 2 is 1.85 bits per heavy atom. The SMILES string of the molecule is CC[C@H](C)[C@H](NCC(=O)N1CC(C)CC(C)C1)C(=O)O. The quantitative estimate of drug-likeness (QED) is 0.777. The Bertz CT molecular complexity index is 336. The van der Waals surface area contributed by atoms with E-state index in [0.29, 0.717) is 11.8 Å². The molecule has 1 amide bonds. The number of rotatable bonds is 6. The van der Waals surface area contributed by atoms with Gasteiger partial charge in [-0.3, -0.25) is 14.9 Å². The van der Waals surface area contributed by atoms with Crippen molar-refractivity contribution in [3.8, 4) is 0 Å². The fourth-order valence-electron chi connectivity index (χ4n) is 2.94. The van der Waals surface area contributed by atoms with Crippen molar-refractivity contribution in [2.45, 2.75) is 46.6 Å². The highest BCUT2D eigenvalue weighted by Crippen LogP contribution is 2.20. The van der Waals surface area contributed by atoms with E-state index in [0.717, 1.165) is 25.9 Å². The maximum absolute atomic E-state index is 12.2. The van der Waals surface area contributed by atoms with Gasteiger partial charge in [-0.15, -0.1) is 0 Å². The van der Waals surface area contributed by atoms with E-state index in [1.165, 1.54) is 0 Å². The largest absolute Gasteiger partial charge is 0.480 e. The number of hydrogen-bond donors (Lipinski definition) is 2. The number of carboxylic acid groups (broad SMARTS) is 1. The van der Waals surface area contributed by atoms with E-state index in [1.807, 2.05) is 18.7 Å². The van der Waals surface area contributed by atoms with Gasteiger partial charge in [-0.25, -0.2) is 0 Å². The van der Waals surface area contributed by atoms with Gasteiger partial charge in [0.15, 0.2) is 0 Å². The lowest BCUT2D eigenvalue weighted by molar-refractivity contribution is -0.141. The van der Waals surface area contributed by atoms with Crippen molar-refractivity contribution in [3.05, 3.63) is 0 Å². The lowest BCUT2D eigenvalue weighted by atomic mass is 9.92. The van der Waals surface area contributed by atoms with Crippen LogP contribution in [-0.2, 0) is 9.59 Å². The normalized spacial score (nSPS) is 26.1. The van der Waals surface area contributed by atoms with Crippen molar-refractivity contribution < 1.29 is 14.7 Å². The van der Waals surface area contributed by atoms with Gasteiger partial charge in [0.05, 0.1) is 6.54 Å². The van der Waals surface area contributed by atoms with Crippen LogP contribution < -0.4 is 5.32 Å². The molecule has 1 heterocycles. The van der Waals surface area contributed by atoms with Crippen LogP contribution >= 0.6 is 0 Å². The van der Waals surface area contributed by atoms with Crippen LogP contribution in [0.2, 0.25) is 0 Å². The molecule has 1 aliphatic heterocycles. The summed E-state index contributed by atoms with van der Waals surface area (Å²) >= 11 is 0. The highest BCUT2D eigenvalue weighted by Gasteiger charge is 2.28. The average Bonchev–Trinajstić information content (AvgIpc) is 2.36. The summed E-state index contributed by atoms with van der Waals surface area (Å²) in [4.78, 5) is 25.3. The second-order valence-corrected chi connectivity index (χ2v) is 6.33. The van der Waals surface area contributed by atoms with E-state index >= 15 is 0 Å². The molecule has 1 fully saturated rings. The molecular weight excluding hydrogens is 256 g/mol. The molecule has 1 aliphatic rings. The first-order valence-electron chi connectivity index (χ1n) is 7.59. The fraction of sp³-hybridized carbons (Fsp3) is 0.867. The molecule has 0 aromatic carbocycles. The zero-order valence-electron chi connectivity index (χ0n) is 13.1. The van der Waals surface area contributed by atoms with Gasteiger partial charge in [0.25, 0.3) is 0 Å². The zero-order chi connectivity index (χ0) is 15.3. The third kappa shape index (κ3) is 4.78. The Hall–Kier alpha value is -1.10. The summed E-state index contributed by atoms with van der Waals surface area (Å²) in [5.74, 6) is 0.185. The summed E-state index contributed by atoms with van der Waals surface area (Å²) in [5.41, 5.74) is 0. The van der Waals surface area contributed by atoms with Gasteiger partial charge in [-0.1, -0.05) is 34.1 Å². The van der Waals surface area contributed by atoms with E-state index in [-0.39, 0.29) is 18.4 Å². The Labute approximate surface area is 121 Å². The molecule has 2 N–H and O–H groups in total. The lowest BCUT2D eigenvalue weighted by Gasteiger charge is -2.35. The maximum atomic E-state index is 12.2. The van der Waals surface area contributed by atoms with Crippen LogP contribution in [0.15, 0.2) is 0 Å². The molecule has 5 nitrogen and oxygen atoms in total. The van der Waals surface area contributed by atoms with Gasteiger partial charge in [0.2, 0.25) is 5.91 Å². The molecule has 20 heavy (non-hydrogen) atoms. The predicted octanol–water partition coefficient (Wildman–Crippen LogP) is 1.58.